The maximum Gasteiger partial charge on any atom is 0.228 e. The van der Waals surface area contributed by atoms with Crippen molar-refractivity contribution < 1.29 is 4.79 Å². The van der Waals surface area contributed by atoms with Crippen molar-refractivity contribution in [2.75, 3.05) is 11.9 Å². The molecular formula is C11H15IN2O. The standard InChI is InChI=1S/C11H15IN2O/c1-7-5-9(12)3-4-10(7)14-11(15)8(2)6-13/h3-5,8H,6,13H2,1-2H3,(H,14,15). The van der Waals surface area contributed by atoms with E-state index in [1.165, 1.54) is 0 Å². The minimum atomic E-state index is -0.149. The van der Waals surface area contributed by atoms with Crippen LogP contribution in [0.15, 0.2) is 18.2 Å². The number of rotatable bonds is 3. The van der Waals surface area contributed by atoms with Crippen LogP contribution in [0, 0.1) is 16.4 Å². The van der Waals surface area contributed by atoms with Crippen LogP contribution in [0.2, 0.25) is 0 Å². The van der Waals surface area contributed by atoms with Crippen LogP contribution in [0.5, 0.6) is 0 Å². The second-order valence-electron chi connectivity index (χ2n) is 3.59. The van der Waals surface area contributed by atoms with Crippen LogP contribution in [0.1, 0.15) is 12.5 Å². The minimum Gasteiger partial charge on any atom is -0.330 e. The topological polar surface area (TPSA) is 55.1 Å². The van der Waals surface area contributed by atoms with E-state index in [-0.39, 0.29) is 11.8 Å². The van der Waals surface area contributed by atoms with Gasteiger partial charge in [0, 0.05) is 21.7 Å². The van der Waals surface area contributed by atoms with Gasteiger partial charge in [-0.05, 0) is 53.3 Å². The fraction of sp³-hybridized carbons (Fsp3) is 0.364. The Kier molecular flexibility index (Phi) is 4.53. The van der Waals surface area contributed by atoms with Gasteiger partial charge in [-0.25, -0.2) is 0 Å². The first kappa shape index (κ1) is 12.4. The molecule has 0 radical (unpaired) electrons. The van der Waals surface area contributed by atoms with Crippen molar-refractivity contribution in [3.05, 3.63) is 27.3 Å². The largest absolute Gasteiger partial charge is 0.330 e. The van der Waals surface area contributed by atoms with E-state index in [0.29, 0.717) is 6.54 Å². The predicted octanol–water partition coefficient (Wildman–Crippen LogP) is 2.13. The molecule has 3 nitrogen and oxygen atoms in total. The highest BCUT2D eigenvalue weighted by Crippen LogP contribution is 2.18. The average Bonchev–Trinajstić information content (AvgIpc) is 2.20. The van der Waals surface area contributed by atoms with E-state index < -0.39 is 0 Å². The summed E-state index contributed by atoms with van der Waals surface area (Å²) in [5.41, 5.74) is 7.36. The zero-order valence-electron chi connectivity index (χ0n) is 8.88. The first-order valence-electron chi connectivity index (χ1n) is 4.81. The van der Waals surface area contributed by atoms with E-state index in [1.54, 1.807) is 0 Å². The van der Waals surface area contributed by atoms with E-state index in [9.17, 15) is 4.79 Å². The summed E-state index contributed by atoms with van der Waals surface area (Å²) in [5, 5.41) is 2.87. The molecule has 0 aliphatic rings. The Morgan fingerprint density at radius 3 is 2.80 bits per heavy atom. The summed E-state index contributed by atoms with van der Waals surface area (Å²) in [7, 11) is 0. The third-order valence-electron chi connectivity index (χ3n) is 2.25. The number of amides is 1. The molecule has 0 saturated heterocycles. The van der Waals surface area contributed by atoms with Gasteiger partial charge in [0.25, 0.3) is 0 Å². The number of hydrogen-bond acceptors (Lipinski definition) is 2. The molecule has 0 spiro atoms. The molecule has 0 aliphatic heterocycles. The predicted molar refractivity (Wildman–Crippen MR) is 70.7 cm³/mol. The molecule has 3 N–H and O–H groups in total. The third kappa shape index (κ3) is 3.46. The summed E-state index contributed by atoms with van der Waals surface area (Å²) in [6, 6.07) is 5.91. The van der Waals surface area contributed by atoms with E-state index in [1.807, 2.05) is 32.0 Å². The molecule has 82 valence electrons. The first-order valence-corrected chi connectivity index (χ1v) is 5.89. The van der Waals surface area contributed by atoms with Gasteiger partial charge in [0.2, 0.25) is 5.91 Å². The molecular weight excluding hydrogens is 303 g/mol. The summed E-state index contributed by atoms with van der Waals surface area (Å²) in [6.45, 7) is 4.16. The van der Waals surface area contributed by atoms with Gasteiger partial charge in [-0.3, -0.25) is 4.79 Å². The maximum atomic E-state index is 11.6. The van der Waals surface area contributed by atoms with E-state index in [2.05, 4.69) is 27.9 Å². The number of benzene rings is 1. The smallest absolute Gasteiger partial charge is 0.228 e. The lowest BCUT2D eigenvalue weighted by Crippen LogP contribution is -2.26. The number of halogens is 1. The quantitative estimate of drug-likeness (QED) is 0.839. The Balaban J connectivity index is 2.77. The molecule has 0 bridgehead atoms. The Morgan fingerprint density at radius 1 is 1.60 bits per heavy atom. The fourth-order valence-corrected chi connectivity index (χ4v) is 1.78. The summed E-state index contributed by atoms with van der Waals surface area (Å²) in [6.07, 6.45) is 0. The third-order valence-corrected chi connectivity index (χ3v) is 2.92. The molecule has 1 amide bonds. The van der Waals surface area contributed by atoms with Crippen molar-refractivity contribution in [3.8, 4) is 0 Å². The minimum absolute atomic E-state index is 0.0261. The fourth-order valence-electron chi connectivity index (χ4n) is 1.13. The van der Waals surface area contributed by atoms with Crippen molar-refractivity contribution in [1.82, 2.24) is 0 Å². The highest BCUT2D eigenvalue weighted by Gasteiger charge is 2.11. The lowest BCUT2D eigenvalue weighted by atomic mass is 10.1. The molecule has 1 aromatic carbocycles. The van der Waals surface area contributed by atoms with Crippen molar-refractivity contribution in [2.24, 2.45) is 11.7 Å². The Bertz CT molecular complexity index is 366. The zero-order chi connectivity index (χ0) is 11.4. The monoisotopic (exact) mass is 318 g/mol. The van der Waals surface area contributed by atoms with E-state index in [4.69, 9.17) is 5.73 Å². The summed E-state index contributed by atoms with van der Waals surface area (Å²) in [5.74, 6) is -0.175. The molecule has 0 saturated carbocycles. The van der Waals surface area contributed by atoms with Crippen LogP contribution in [-0.4, -0.2) is 12.5 Å². The van der Waals surface area contributed by atoms with Crippen LogP contribution in [-0.2, 0) is 4.79 Å². The van der Waals surface area contributed by atoms with E-state index >= 15 is 0 Å². The number of carbonyl (C=O) groups is 1. The summed E-state index contributed by atoms with van der Waals surface area (Å²) in [4.78, 5) is 11.6. The van der Waals surface area contributed by atoms with Gasteiger partial charge in [0.1, 0.15) is 0 Å². The molecule has 0 heterocycles. The van der Waals surface area contributed by atoms with Gasteiger partial charge in [0.05, 0.1) is 0 Å². The Morgan fingerprint density at radius 2 is 2.27 bits per heavy atom. The highest BCUT2D eigenvalue weighted by molar-refractivity contribution is 14.1. The molecule has 1 rings (SSSR count). The summed E-state index contributed by atoms with van der Waals surface area (Å²) >= 11 is 2.24. The number of nitrogens with one attached hydrogen (secondary N) is 1. The van der Waals surface area contributed by atoms with Crippen LogP contribution in [0.4, 0.5) is 5.69 Å². The molecule has 0 aliphatic carbocycles. The van der Waals surface area contributed by atoms with Gasteiger partial charge in [0.15, 0.2) is 0 Å². The maximum absolute atomic E-state index is 11.6. The number of anilines is 1. The average molecular weight is 318 g/mol. The van der Waals surface area contributed by atoms with Crippen molar-refractivity contribution >= 4 is 34.2 Å². The van der Waals surface area contributed by atoms with Crippen LogP contribution in [0.3, 0.4) is 0 Å². The molecule has 15 heavy (non-hydrogen) atoms. The van der Waals surface area contributed by atoms with Crippen LogP contribution in [0.25, 0.3) is 0 Å². The highest BCUT2D eigenvalue weighted by atomic mass is 127. The second-order valence-corrected chi connectivity index (χ2v) is 4.83. The van der Waals surface area contributed by atoms with Crippen molar-refractivity contribution in [3.63, 3.8) is 0 Å². The lowest BCUT2D eigenvalue weighted by Gasteiger charge is -2.12. The molecule has 4 heteroatoms. The molecule has 1 unspecified atom stereocenters. The number of carbonyl (C=O) groups excluding carboxylic acids is 1. The zero-order valence-corrected chi connectivity index (χ0v) is 11.0. The van der Waals surface area contributed by atoms with E-state index in [0.717, 1.165) is 14.8 Å². The van der Waals surface area contributed by atoms with Gasteiger partial charge in [-0.2, -0.15) is 0 Å². The van der Waals surface area contributed by atoms with Gasteiger partial charge in [-0.15, -0.1) is 0 Å². The molecule has 1 atom stereocenters. The van der Waals surface area contributed by atoms with Crippen LogP contribution >= 0.6 is 22.6 Å². The molecule has 0 aromatic heterocycles. The Hall–Kier alpha value is -0.620. The van der Waals surface area contributed by atoms with Gasteiger partial charge >= 0.3 is 0 Å². The van der Waals surface area contributed by atoms with Crippen molar-refractivity contribution in [1.29, 1.82) is 0 Å². The number of nitrogens with two attached hydrogens (primary N) is 1. The van der Waals surface area contributed by atoms with Gasteiger partial charge < -0.3 is 11.1 Å². The Labute approximate surface area is 104 Å². The number of aryl methyl sites for hydroxylation is 1. The second kappa shape index (κ2) is 5.46. The first-order chi connectivity index (χ1) is 7.04. The summed E-state index contributed by atoms with van der Waals surface area (Å²) < 4.78 is 1.16. The lowest BCUT2D eigenvalue weighted by molar-refractivity contribution is -0.119. The molecule has 1 aromatic rings. The normalized spacial score (nSPS) is 12.3. The van der Waals surface area contributed by atoms with Gasteiger partial charge in [-0.1, -0.05) is 6.92 Å². The van der Waals surface area contributed by atoms with Crippen LogP contribution < -0.4 is 11.1 Å². The molecule has 0 fully saturated rings. The SMILES string of the molecule is Cc1cc(I)ccc1NC(=O)C(C)CN. The number of hydrogen-bond donors (Lipinski definition) is 2. The van der Waals surface area contributed by atoms with Crippen molar-refractivity contribution in [2.45, 2.75) is 13.8 Å².